The number of amides is 1. The predicted octanol–water partition coefficient (Wildman–Crippen LogP) is 1.89. The van der Waals surface area contributed by atoms with Crippen molar-refractivity contribution in [3.63, 3.8) is 0 Å². The van der Waals surface area contributed by atoms with Crippen molar-refractivity contribution in [2.24, 2.45) is 5.92 Å². The van der Waals surface area contributed by atoms with Gasteiger partial charge in [-0.1, -0.05) is 30.3 Å². The molecule has 2 saturated heterocycles. The number of fused-ring (bicyclic) bond motifs is 1. The van der Waals surface area contributed by atoms with E-state index in [1.54, 1.807) is 4.31 Å². The minimum atomic E-state index is -3.13. The van der Waals surface area contributed by atoms with Gasteiger partial charge in [0.05, 0.1) is 6.26 Å². The summed E-state index contributed by atoms with van der Waals surface area (Å²) < 4.78 is 25.1. The third kappa shape index (κ3) is 3.98. The Hall–Kier alpha value is -1.40. The van der Waals surface area contributed by atoms with Crippen molar-refractivity contribution in [2.45, 2.75) is 38.1 Å². The van der Waals surface area contributed by atoms with E-state index in [4.69, 9.17) is 0 Å². The average molecular weight is 350 g/mol. The number of sulfonamides is 1. The van der Waals surface area contributed by atoms with Gasteiger partial charge in [-0.05, 0) is 37.2 Å². The lowest BCUT2D eigenvalue weighted by molar-refractivity contribution is -0.137. The second-order valence-corrected chi connectivity index (χ2v) is 8.93. The summed E-state index contributed by atoms with van der Waals surface area (Å²) in [5.74, 6) is 0.490. The molecule has 132 valence electrons. The molecular weight excluding hydrogens is 324 g/mol. The van der Waals surface area contributed by atoms with Crippen LogP contribution in [0, 0.1) is 5.92 Å². The number of aryl methyl sites for hydroxylation is 1. The normalized spacial score (nSPS) is 25.3. The van der Waals surface area contributed by atoms with Crippen molar-refractivity contribution in [2.75, 3.05) is 25.9 Å². The highest BCUT2D eigenvalue weighted by molar-refractivity contribution is 7.88. The molecule has 2 heterocycles. The summed E-state index contributed by atoms with van der Waals surface area (Å²) in [6.07, 6.45) is 5.31. The first-order valence-electron chi connectivity index (χ1n) is 8.73. The Morgan fingerprint density at radius 2 is 1.92 bits per heavy atom. The number of carbonyl (C=O) groups is 1. The molecule has 0 N–H and O–H groups in total. The second kappa shape index (κ2) is 7.23. The van der Waals surface area contributed by atoms with Gasteiger partial charge in [-0.25, -0.2) is 12.7 Å². The molecule has 5 nitrogen and oxygen atoms in total. The van der Waals surface area contributed by atoms with E-state index in [9.17, 15) is 13.2 Å². The Morgan fingerprint density at radius 1 is 1.17 bits per heavy atom. The maximum Gasteiger partial charge on any atom is 0.223 e. The van der Waals surface area contributed by atoms with Crippen LogP contribution in [0.5, 0.6) is 0 Å². The quantitative estimate of drug-likeness (QED) is 0.833. The molecule has 1 aromatic rings. The molecule has 1 amide bonds. The molecule has 0 spiro atoms. The number of carbonyl (C=O) groups excluding carboxylic acids is 1. The van der Waals surface area contributed by atoms with Crippen LogP contribution in [0.3, 0.4) is 0 Å². The van der Waals surface area contributed by atoms with E-state index in [1.165, 1.54) is 11.8 Å². The van der Waals surface area contributed by atoms with Crippen LogP contribution >= 0.6 is 0 Å². The fourth-order valence-corrected chi connectivity index (χ4v) is 4.92. The molecule has 0 aromatic heterocycles. The highest BCUT2D eigenvalue weighted by atomic mass is 32.2. The molecule has 6 heteroatoms. The lowest BCUT2D eigenvalue weighted by Gasteiger charge is -2.46. The number of piperidine rings is 2. The molecule has 0 bridgehead atoms. The molecule has 0 aliphatic carbocycles. The molecule has 0 radical (unpaired) electrons. The summed E-state index contributed by atoms with van der Waals surface area (Å²) in [5, 5.41) is 0. The first kappa shape index (κ1) is 17.4. The lowest BCUT2D eigenvalue weighted by Crippen LogP contribution is -2.56. The highest BCUT2D eigenvalue weighted by Crippen LogP contribution is 2.32. The maximum atomic E-state index is 12.7. The standard InChI is InChI=1S/C18H26N2O3S/c1-24(22,23)19-13-11-17-16(14-19)8-5-12-20(17)18(21)10-9-15-6-3-2-4-7-15/h2-4,6-7,16-17H,5,8-14H2,1H3/t16-,17+/m1/s1. The highest BCUT2D eigenvalue weighted by Gasteiger charge is 2.39. The zero-order valence-electron chi connectivity index (χ0n) is 14.2. The van der Waals surface area contributed by atoms with Crippen molar-refractivity contribution in [1.82, 2.24) is 9.21 Å². The van der Waals surface area contributed by atoms with Crippen molar-refractivity contribution in [3.05, 3.63) is 35.9 Å². The molecule has 2 aliphatic heterocycles. The van der Waals surface area contributed by atoms with Gasteiger partial charge in [0.15, 0.2) is 0 Å². The zero-order chi connectivity index (χ0) is 17.2. The monoisotopic (exact) mass is 350 g/mol. The lowest BCUT2D eigenvalue weighted by atomic mass is 9.84. The molecule has 0 unspecified atom stereocenters. The summed E-state index contributed by atoms with van der Waals surface area (Å²) in [6, 6.07) is 10.3. The number of likely N-dealkylation sites (tertiary alicyclic amines) is 1. The smallest absolute Gasteiger partial charge is 0.223 e. The minimum Gasteiger partial charge on any atom is -0.339 e. The van der Waals surface area contributed by atoms with E-state index in [1.807, 2.05) is 23.1 Å². The van der Waals surface area contributed by atoms with Crippen LogP contribution in [-0.4, -0.2) is 55.5 Å². The Bertz CT molecular complexity index is 675. The van der Waals surface area contributed by atoms with E-state index >= 15 is 0 Å². The van der Waals surface area contributed by atoms with Crippen LogP contribution in [0.1, 0.15) is 31.2 Å². The van der Waals surface area contributed by atoms with Crippen LogP contribution in [0.25, 0.3) is 0 Å². The fraction of sp³-hybridized carbons (Fsp3) is 0.611. The van der Waals surface area contributed by atoms with Crippen molar-refractivity contribution < 1.29 is 13.2 Å². The van der Waals surface area contributed by atoms with Crippen molar-refractivity contribution in [3.8, 4) is 0 Å². The second-order valence-electron chi connectivity index (χ2n) is 6.95. The first-order chi connectivity index (χ1) is 11.4. The first-order valence-corrected chi connectivity index (χ1v) is 10.6. The molecule has 2 fully saturated rings. The Labute approximate surface area is 144 Å². The van der Waals surface area contributed by atoms with Crippen LogP contribution < -0.4 is 0 Å². The van der Waals surface area contributed by atoms with Gasteiger partial charge in [0, 0.05) is 32.1 Å². The summed E-state index contributed by atoms with van der Waals surface area (Å²) >= 11 is 0. The van der Waals surface area contributed by atoms with Crippen LogP contribution in [0.4, 0.5) is 0 Å². The maximum absolute atomic E-state index is 12.7. The van der Waals surface area contributed by atoms with Gasteiger partial charge in [-0.15, -0.1) is 0 Å². The number of benzene rings is 1. The summed E-state index contributed by atoms with van der Waals surface area (Å²) in [6.45, 7) is 1.90. The van der Waals surface area contributed by atoms with E-state index in [2.05, 4.69) is 12.1 Å². The molecule has 0 saturated carbocycles. The number of nitrogens with zero attached hydrogens (tertiary/aromatic N) is 2. The summed E-state index contributed by atoms with van der Waals surface area (Å²) in [7, 11) is -3.13. The average Bonchev–Trinajstić information content (AvgIpc) is 2.58. The molecule has 3 rings (SSSR count). The van der Waals surface area contributed by atoms with Gasteiger partial charge in [-0.2, -0.15) is 0 Å². The summed E-state index contributed by atoms with van der Waals surface area (Å²) in [5.41, 5.74) is 1.19. The molecular formula is C18H26N2O3S. The number of hydrogen-bond acceptors (Lipinski definition) is 3. The van der Waals surface area contributed by atoms with Gasteiger partial charge >= 0.3 is 0 Å². The Kier molecular flexibility index (Phi) is 5.25. The van der Waals surface area contributed by atoms with E-state index in [0.717, 1.165) is 32.2 Å². The number of rotatable bonds is 4. The fourth-order valence-electron chi connectivity index (χ4n) is 4.02. The van der Waals surface area contributed by atoms with E-state index in [-0.39, 0.29) is 17.9 Å². The summed E-state index contributed by atoms with van der Waals surface area (Å²) in [4.78, 5) is 14.7. The predicted molar refractivity (Wildman–Crippen MR) is 94.0 cm³/mol. The minimum absolute atomic E-state index is 0.208. The van der Waals surface area contributed by atoms with Crippen LogP contribution in [0.15, 0.2) is 30.3 Å². The van der Waals surface area contributed by atoms with Crippen LogP contribution in [0.2, 0.25) is 0 Å². The van der Waals surface area contributed by atoms with E-state index in [0.29, 0.717) is 19.5 Å². The number of hydrogen-bond donors (Lipinski definition) is 0. The third-order valence-corrected chi connectivity index (χ3v) is 6.56. The largest absolute Gasteiger partial charge is 0.339 e. The van der Waals surface area contributed by atoms with Crippen LogP contribution in [-0.2, 0) is 21.2 Å². The molecule has 1 aromatic carbocycles. The topological polar surface area (TPSA) is 57.7 Å². The van der Waals surface area contributed by atoms with Gasteiger partial charge in [0.25, 0.3) is 0 Å². The van der Waals surface area contributed by atoms with Gasteiger partial charge in [-0.3, -0.25) is 4.79 Å². The van der Waals surface area contributed by atoms with Crippen molar-refractivity contribution in [1.29, 1.82) is 0 Å². The molecule has 24 heavy (non-hydrogen) atoms. The Balaban J connectivity index is 1.61. The third-order valence-electron chi connectivity index (χ3n) is 5.29. The van der Waals surface area contributed by atoms with Gasteiger partial charge in [0.2, 0.25) is 15.9 Å². The van der Waals surface area contributed by atoms with Crippen molar-refractivity contribution >= 4 is 15.9 Å². The molecule has 2 atom stereocenters. The SMILES string of the molecule is CS(=O)(=O)N1CC[C@H]2[C@H](CCCN2C(=O)CCc2ccccc2)C1. The molecule has 2 aliphatic rings. The Morgan fingerprint density at radius 3 is 2.62 bits per heavy atom. The van der Waals surface area contributed by atoms with Gasteiger partial charge in [0.1, 0.15) is 0 Å². The van der Waals surface area contributed by atoms with E-state index < -0.39 is 10.0 Å². The van der Waals surface area contributed by atoms with Gasteiger partial charge < -0.3 is 4.90 Å². The zero-order valence-corrected chi connectivity index (χ0v) is 15.0.